The van der Waals surface area contributed by atoms with Crippen LogP contribution in [0.2, 0.25) is 0 Å². The monoisotopic (exact) mass is 345 g/mol. The summed E-state index contributed by atoms with van der Waals surface area (Å²) in [5.74, 6) is -1.06. The topological polar surface area (TPSA) is 77.2 Å². The van der Waals surface area contributed by atoms with Crippen LogP contribution in [0.15, 0.2) is 21.9 Å². The van der Waals surface area contributed by atoms with Crippen LogP contribution in [0.25, 0.3) is 10.8 Å². The van der Waals surface area contributed by atoms with E-state index in [-0.39, 0.29) is 42.0 Å². The van der Waals surface area contributed by atoms with E-state index < -0.39 is 5.92 Å². The number of nitrogens with zero attached hydrogens (tertiary/aromatic N) is 1. The lowest BCUT2D eigenvalue weighted by Crippen LogP contribution is -2.42. The molecule has 0 aromatic carbocycles. The number of hydrogen-bond donors (Lipinski definition) is 0. The fourth-order valence-electron chi connectivity index (χ4n) is 3.11. The maximum Gasteiger partial charge on any atom is 0.236 e. The van der Waals surface area contributed by atoms with Crippen molar-refractivity contribution < 1.29 is 18.8 Å². The third kappa shape index (κ3) is 3.24. The molecule has 5 nitrogen and oxygen atoms in total. The van der Waals surface area contributed by atoms with Gasteiger partial charge in [-0.2, -0.15) is 0 Å². The number of carbonyl (C=O) groups excluding carboxylic acids is 3. The molecule has 2 heterocycles. The van der Waals surface area contributed by atoms with Crippen LogP contribution in [0, 0.1) is 18.3 Å². The number of aromatic nitrogens is 1. The van der Waals surface area contributed by atoms with E-state index in [2.05, 4.69) is 4.98 Å². The van der Waals surface area contributed by atoms with E-state index in [0.29, 0.717) is 17.3 Å². The summed E-state index contributed by atoms with van der Waals surface area (Å²) < 4.78 is 5.61. The second kappa shape index (κ2) is 6.09. The van der Waals surface area contributed by atoms with Crippen molar-refractivity contribution in [1.82, 2.24) is 4.98 Å². The molecule has 6 heteroatoms. The summed E-state index contributed by atoms with van der Waals surface area (Å²) in [7, 11) is 0. The third-order valence-corrected chi connectivity index (χ3v) is 5.10. The van der Waals surface area contributed by atoms with Crippen LogP contribution < -0.4 is 0 Å². The molecular weight excluding hydrogens is 326 g/mol. The number of thiophene rings is 1. The van der Waals surface area contributed by atoms with Gasteiger partial charge in [-0.1, -0.05) is 19.9 Å². The zero-order valence-corrected chi connectivity index (χ0v) is 14.7. The average Bonchev–Trinajstić information content (AvgIpc) is 3.07. The highest BCUT2D eigenvalue weighted by Crippen LogP contribution is 2.35. The van der Waals surface area contributed by atoms with Crippen molar-refractivity contribution in [2.24, 2.45) is 11.3 Å². The zero-order valence-electron chi connectivity index (χ0n) is 13.9. The highest BCUT2D eigenvalue weighted by molar-refractivity contribution is 7.13. The van der Waals surface area contributed by atoms with Gasteiger partial charge in [0.1, 0.15) is 11.7 Å². The molecule has 0 spiro atoms. The summed E-state index contributed by atoms with van der Waals surface area (Å²) in [6.07, 6.45) is 0.462. The zero-order chi connectivity index (χ0) is 17.5. The van der Waals surface area contributed by atoms with Crippen molar-refractivity contribution in [2.75, 3.05) is 0 Å². The molecule has 0 aliphatic heterocycles. The van der Waals surface area contributed by atoms with Crippen LogP contribution in [0.3, 0.4) is 0 Å². The van der Waals surface area contributed by atoms with Crippen molar-refractivity contribution in [3.8, 4) is 10.8 Å². The van der Waals surface area contributed by atoms with Crippen LogP contribution in [-0.4, -0.2) is 22.3 Å². The van der Waals surface area contributed by atoms with Gasteiger partial charge in [0.15, 0.2) is 17.3 Å². The Labute approximate surface area is 144 Å². The summed E-state index contributed by atoms with van der Waals surface area (Å²) in [5.41, 5.74) is 0.134. The number of rotatable bonds is 4. The number of carbonyl (C=O) groups is 3. The van der Waals surface area contributed by atoms with E-state index in [4.69, 9.17) is 4.42 Å². The lowest BCUT2D eigenvalue weighted by Gasteiger charge is -2.31. The number of ketones is 3. The van der Waals surface area contributed by atoms with E-state index in [9.17, 15) is 14.4 Å². The van der Waals surface area contributed by atoms with E-state index in [0.717, 1.165) is 4.88 Å². The SMILES string of the molecule is Cc1oc(-c2cccs2)nc1CC(=O)C1C(=O)CC(C)(C)CC1=O. The summed E-state index contributed by atoms with van der Waals surface area (Å²) in [6.45, 7) is 5.48. The fourth-order valence-corrected chi connectivity index (χ4v) is 3.76. The number of oxazole rings is 1. The Morgan fingerprint density at radius 1 is 1.33 bits per heavy atom. The molecule has 1 saturated carbocycles. The van der Waals surface area contributed by atoms with Gasteiger partial charge >= 0.3 is 0 Å². The minimum absolute atomic E-state index is 0.0523. The minimum Gasteiger partial charge on any atom is -0.440 e. The lowest BCUT2D eigenvalue weighted by atomic mass is 9.70. The number of aryl methyl sites for hydroxylation is 1. The molecule has 126 valence electrons. The standard InChI is InChI=1S/C18H19NO4S/c1-10-11(19-17(23-10)15-5-4-6-24-15)7-12(20)16-13(21)8-18(2,3)9-14(16)22/h4-6,16H,7-9H2,1-3H3. The van der Waals surface area contributed by atoms with E-state index in [1.165, 1.54) is 11.3 Å². The minimum atomic E-state index is -1.14. The Morgan fingerprint density at radius 2 is 2.00 bits per heavy atom. The molecule has 2 aromatic rings. The highest BCUT2D eigenvalue weighted by Gasteiger charge is 2.43. The first kappa shape index (κ1) is 16.8. The van der Waals surface area contributed by atoms with Gasteiger partial charge in [0.05, 0.1) is 17.0 Å². The first-order valence-electron chi connectivity index (χ1n) is 7.85. The van der Waals surface area contributed by atoms with Gasteiger partial charge in [0, 0.05) is 12.8 Å². The van der Waals surface area contributed by atoms with Crippen LogP contribution >= 0.6 is 11.3 Å². The Kier molecular flexibility index (Phi) is 4.25. The van der Waals surface area contributed by atoms with Crippen LogP contribution in [0.4, 0.5) is 0 Å². The average molecular weight is 345 g/mol. The lowest BCUT2D eigenvalue weighted by molar-refractivity contribution is -0.144. The van der Waals surface area contributed by atoms with Crippen molar-refractivity contribution in [3.63, 3.8) is 0 Å². The summed E-state index contributed by atoms with van der Waals surface area (Å²) >= 11 is 1.50. The summed E-state index contributed by atoms with van der Waals surface area (Å²) in [5, 5.41) is 1.92. The molecular formula is C18H19NO4S. The Bertz CT molecular complexity index is 781. The van der Waals surface area contributed by atoms with E-state index in [1.54, 1.807) is 6.92 Å². The quantitative estimate of drug-likeness (QED) is 0.794. The fraction of sp³-hybridized carbons (Fsp3) is 0.444. The molecule has 0 atom stereocenters. The molecule has 0 radical (unpaired) electrons. The maximum absolute atomic E-state index is 12.5. The summed E-state index contributed by atoms with van der Waals surface area (Å²) in [6, 6.07) is 3.78. The molecule has 0 saturated heterocycles. The van der Waals surface area contributed by atoms with Gasteiger partial charge in [-0.25, -0.2) is 4.98 Å². The van der Waals surface area contributed by atoms with Gasteiger partial charge in [-0.3, -0.25) is 14.4 Å². The second-order valence-electron chi connectivity index (χ2n) is 7.03. The number of Topliss-reactive ketones (excluding diaryl/α,β-unsaturated/α-hetero) is 3. The smallest absolute Gasteiger partial charge is 0.236 e. The van der Waals surface area contributed by atoms with Crippen molar-refractivity contribution in [1.29, 1.82) is 0 Å². The molecule has 0 amide bonds. The Morgan fingerprint density at radius 3 is 2.58 bits per heavy atom. The first-order chi connectivity index (χ1) is 11.3. The Hall–Kier alpha value is -2.08. The van der Waals surface area contributed by atoms with E-state index >= 15 is 0 Å². The van der Waals surface area contributed by atoms with Crippen LogP contribution in [0.5, 0.6) is 0 Å². The van der Waals surface area contributed by atoms with Crippen molar-refractivity contribution >= 4 is 28.7 Å². The first-order valence-corrected chi connectivity index (χ1v) is 8.73. The molecule has 1 aliphatic carbocycles. The van der Waals surface area contributed by atoms with Gasteiger partial charge in [0.2, 0.25) is 5.89 Å². The molecule has 24 heavy (non-hydrogen) atoms. The van der Waals surface area contributed by atoms with Gasteiger partial charge in [0.25, 0.3) is 0 Å². The van der Waals surface area contributed by atoms with Gasteiger partial charge in [-0.05, 0) is 23.8 Å². The normalized spacial score (nSPS) is 18.1. The van der Waals surface area contributed by atoms with Crippen LogP contribution in [0.1, 0.15) is 38.1 Å². The van der Waals surface area contributed by atoms with Crippen LogP contribution in [-0.2, 0) is 20.8 Å². The largest absolute Gasteiger partial charge is 0.440 e. The van der Waals surface area contributed by atoms with Gasteiger partial charge in [-0.15, -0.1) is 11.3 Å². The Balaban J connectivity index is 1.78. The highest BCUT2D eigenvalue weighted by atomic mass is 32.1. The van der Waals surface area contributed by atoms with Gasteiger partial charge < -0.3 is 4.42 Å². The molecule has 0 N–H and O–H groups in total. The third-order valence-electron chi connectivity index (χ3n) is 4.24. The molecule has 1 fully saturated rings. The predicted octanol–water partition coefficient (Wildman–Crippen LogP) is 3.40. The van der Waals surface area contributed by atoms with Crippen molar-refractivity contribution in [3.05, 3.63) is 29.0 Å². The second-order valence-corrected chi connectivity index (χ2v) is 7.97. The molecule has 1 aliphatic rings. The summed E-state index contributed by atoms with van der Waals surface area (Å²) in [4.78, 5) is 42.3. The molecule has 0 bridgehead atoms. The van der Waals surface area contributed by atoms with E-state index in [1.807, 2.05) is 31.4 Å². The molecule has 2 aromatic heterocycles. The number of hydrogen-bond acceptors (Lipinski definition) is 6. The molecule has 0 unspecified atom stereocenters. The van der Waals surface area contributed by atoms with Crippen molar-refractivity contribution in [2.45, 2.75) is 40.0 Å². The molecule has 3 rings (SSSR count). The maximum atomic E-state index is 12.5. The predicted molar refractivity (Wildman–Crippen MR) is 89.8 cm³/mol.